The first-order valence-electron chi connectivity index (χ1n) is 5.64. The lowest BCUT2D eigenvalue weighted by molar-refractivity contribution is 0.412. The van der Waals surface area contributed by atoms with Gasteiger partial charge >= 0.3 is 0 Å². The van der Waals surface area contributed by atoms with Crippen LogP contribution in [0.5, 0.6) is 5.75 Å². The molecule has 0 saturated carbocycles. The fraction of sp³-hybridized carbons (Fsp3) is 0.231. The van der Waals surface area contributed by atoms with Crippen molar-refractivity contribution in [2.75, 3.05) is 19.0 Å². The Morgan fingerprint density at radius 3 is 2.50 bits per heavy atom. The first kappa shape index (κ1) is 12.8. The quantitative estimate of drug-likeness (QED) is 0.941. The number of halogens is 1. The van der Waals surface area contributed by atoms with Gasteiger partial charge in [0.2, 0.25) is 5.95 Å². The van der Waals surface area contributed by atoms with Crippen molar-refractivity contribution in [2.45, 2.75) is 6.92 Å². The second-order valence-corrected chi connectivity index (χ2v) is 4.53. The first-order valence-corrected chi connectivity index (χ1v) is 6.43. The Kier molecular flexibility index (Phi) is 4.15. The molecule has 0 fully saturated rings. The summed E-state index contributed by atoms with van der Waals surface area (Å²) in [5, 5.41) is 3.06. The molecule has 1 N–H and O–H groups in total. The Hall–Kier alpha value is -1.62. The molecule has 0 amide bonds. The van der Waals surface area contributed by atoms with E-state index in [1.807, 2.05) is 25.1 Å². The van der Waals surface area contributed by atoms with E-state index in [9.17, 15) is 0 Å². The first-order chi connectivity index (χ1) is 8.74. The fourth-order valence-corrected chi connectivity index (χ4v) is 2.11. The Balaban J connectivity index is 2.28. The van der Waals surface area contributed by atoms with Crippen LogP contribution < -0.4 is 10.1 Å². The number of aromatic nitrogens is 2. The van der Waals surface area contributed by atoms with E-state index in [0.717, 1.165) is 27.9 Å². The summed E-state index contributed by atoms with van der Waals surface area (Å²) in [7, 11) is 1.65. The summed E-state index contributed by atoms with van der Waals surface area (Å²) in [5.74, 6) is 1.46. The van der Waals surface area contributed by atoms with Crippen molar-refractivity contribution in [1.29, 1.82) is 0 Å². The second kappa shape index (κ2) is 5.82. The summed E-state index contributed by atoms with van der Waals surface area (Å²) in [4.78, 5) is 8.50. The molecular weight excluding hydrogens is 294 g/mol. The van der Waals surface area contributed by atoms with Crippen molar-refractivity contribution in [2.24, 2.45) is 0 Å². The van der Waals surface area contributed by atoms with Gasteiger partial charge in [-0.15, -0.1) is 0 Å². The molecule has 1 aromatic heterocycles. The molecule has 0 unspecified atom stereocenters. The van der Waals surface area contributed by atoms with Gasteiger partial charge in [-0.25, -0.2) is 9.97 Å². The third kappa shape index (κ3) is 2.79. The zero-order valence-corrected chi connectivity index (χ0v) is 11.9. The Bertz CT molecular complexity index is 528. The second-order valence-electron chi connectivity index (χ2n) is 3.68. The molecule has 0 spiro atoms. The van der Waals surface area contributed by atoms with Crippen LogP contribution in [-0.4, -0.2) is 23.6 Å². The lowest BCUT2D eigenvalue weighted by atomic mass is 10.1. The van der Waals surface area contributed by atoms with Crippen LogP contribution in [0.2, 0.25) is 0 Å². The summed E-state index contributed by atoms with van der Waals surface area (Å²) in [6.07, 6.45) is 3.61. The molecule has 0 radical (unpaired) electrons. The van der Waals surface area contributed by atoms with Crippen molar-refractivity contribution in [3.05, 3.63) is 35.1 Å². The third-order valence-corrected chi connectivity index (χ3v) is 3.09. The van der Waals surface area contributed by atoms with Crippen molar-refractivity contribution >= 4 is 21.9 Å². The Morgan fingerprint density at radius 1 is 1.22 bits per heavy atom. The van der Waals surface area contributed by atoms with E-state index in [1.54, 1.807) is 19.5 Å². The molecule has 1 heterocycles. The number of hydrogen-bond acceptors (Lipinski definition) is 4. The minimum atomic E-state index is 0.647. The normalized spacial score (nSPS) is 10.2. The molecule has 0 saturated heterocycles. The average molecular weight is 308 g/mol. The molecule has 5 heteroatoms. The lowest BCUT2D eigenvalue weighted by Crippen LogP contribution is -2.01. The summed E-state index contributed by atoms with van der Waals surface area (Å²) in [6.45, 7) is 2.82. The van der Waals surface area contributed by atoms with E-state index in [2.05, 4.69) is 31.2 Å². The number of hydrogen-bond donors (Lipinski definition) is 1. The lowest BCUT2D eigenvalue weighted by Gasteiger charge is -2.07. The molecule has 0 bridgehead atoms. The maximum Gasteiger partial charge on any atom is 0.222 e. The number of anilines is 1. The zero-order valence-electron chi connectivity index (χ0n) is 10.3. The van der Waals surface area contributed by atoms with Gasteiger partial charge in [-0.1, -0.05) is 6.07 Å². The van der Waals surface area contributed by atoms with Gasteiger partial charge in [0, 0.05) is 24.5 Å². The molecule has 94 valence electrons. The minimum absolute atomic E-state index is 0.647. The summed E-state index contributed by atoms with van der Waals surface area (Å²) in [5.41, 5.74) is 2.02. The minimum Gasteiger partial charge on any atom is -0.496 e. The highest BCUT2D eigenvalue weighted by atomic mass is 79.9. The highest BCUT2D eigenvalue weighted by molar-refractivity contribution is 9.10. The zero-order chi connectivity index (χ0) is 13.0. The molecule has 0 atom stereocenters. The fourth-order valence-electron chi connectivity index (χ4n) is 1.57. The molecule has 1 aromatic carbocycles. The summed E-state index contributed by atoms with van der Waals surface area (Å²) < 4.78 is 6.11. The van der Waals surface area contributed by atoms with E-state index in [4.69, 9.17) is 4.74 Å². The number of rotatable bonds is 4. The van der Waals surface area contributed by atoms with Crippen LogP contribution in [0.25, 0.3) is 11.1 Å². The molecule has 2 aromatic rings. The van der Waals surface area contributed by atoms with Crippen molar-refractivity contribution < 1.29 is 4.74 Å². The van der Waals surface area contributed by atoms with Crippen LogP contribution in [0, 0.1) is 0 Å². The van der Waals surface area contributed by atoms with Gasteiger partial charge in [0.1, 0.15) is 5.75 Å². The van der Waals surface area contributed by atoms with Crippen LogP contribution in [0.1, 0.15) is 6.92 Å². The Labute approximate surface area is 115 Å². The monoisotopic (exact) mass is 307 g/mol. The van der Waals surface area contributed by atoms with Crippen LogP contribution in [0.3, 0.4) is 0 Å². The van der Waals surface area contributed by atoms with Crippen molar-refractivity contribution in [3.8, 4) is 16.9 Å². The highest BCUT2D eigenvalue weighted by Crippen LogP contribution is 2.30. The molecule has 0 aliphatic heterocycles. The van der Waals surface area contributed by atoms with Gasteiger partial charge in [-0.05, 0) is 40.5 Å². The van der Waals surface area contributed by atoms with Gasteiger partial charge in [-0.2, -0.15) is 0 Å². The molecule has 18 heavy (non-hydrogen) atoms. The van der Waals surface area contributed by atoms with Gasteiger partial charge in [0.05, 0.1) is 11.6 Å². The maximum absolute atomic E-state index is 5.20. The largest absolute Gasteiger partial charge is 0.496 e. The number of nitrogens with zero attached hydrogens (tertiary/aromatic N) is 2. The number of benzene rings is 1. The van der Waals surface area contributed by atoms with Crippen LogP contribution in [0.4, 0.5) is 5.95 Å². The maximum atomic E-state index is 5.20. The SMILES string of the molecule is CCNc1ncc(-c2ccc(OC)c(Br)c2)cn1. The molecule has 4 nitrogen and oxygen atoms in total. The molecular formula is C13H14BrN3O. The van der Waals surface area contributed by atoms with Crippen molar-refractivity contribution in [3.63, 3.8) is 0 Å². The standard InChI is InChI=1S/C13H14BrN3O/c1-3-15-13-16-7-10(8-17-13)9-4-5-12(18-2)11(14)6-9/h4-8H,3H2,1-2H3,(H,15,16,17). The van der Waals surface area contributed by atoms with Crippen LogP contribution in [-0.2, 0) is 0 Å². The van der Waals surface area contributed by atoms with Gasteiger partial charge in [0.15, 0.2) is 0 Å². The molecule has 0 aliphatic rings. The van der Waals surface area contributed by atoms with E-state index in [1.165, 1.54) is 0 Å². The number of methoxy groups -OCH3 is 1. The summed E-state index contributed by atoms with van der Waals surface area (Å²) >= 11 is 3.47. The highest BCUT2D eigenvalue weighted by Gasteiger charge is 2.04. The van der Waals surface area contributed by atoms with Crippen molar-refractivity contribution in [1.82, 2.24) is 9.97 Å². The van der Waals surface area contributed by atoms with E-state index in [-0.39, 0.29) is 0 Å². The van der Waals surface area contributed by atoms with E-state index < -0.39 is 0 Å². The van der Waals surface area contributed by atoms with Gasteiger partial charge in [-0.3, -0.25) is 0 Å². The number of ether oxygens (including phenoxy) is 1. The van der Waals surface area contributed by atoms with Gasteiger partial charge < -0.3 is 10.1 Å². The predicted octanol–water partition coefficient (Wildman–Crippen LogP) is 3.35. The predicted molar refractivity (Wildman–Crippen MR) is 75.9 cm³/mol. The van der Waals surface area contributed by atoms with Gasteiger partial charge in [0.25, 0.3) is 0 Å². The summed E-state index contributed by atoms with van der Waals surface area (Å²) in [6, 6.07) is 5.89. The third-order valence-electron chi connectivity index (χ3n) is 2.47. The molecule has 0 aliphatic carbocycles. The average Bonchev–Trinajstić information content (AvgIpc) is 2.40. The van der Waals surface area contributed by atoms with Crippen LogP contribution in [0.15, 0.2) is 35.1 Å². The smallest absolute Gasteiger partial charge is 0.222 e. The topological polar surface area (TPSA) is 47.0 Å². The van der Waals surface area contributed by atoms with Crippen LogP contribution >= 0.6 is 15.9 Å². The van der Waals surface area contributed by atoms with E-state index >= 15 is 0 Å². The molecule has 2 rings (SSSR count). The van der Waals surface area contributed by atoms with E-state index in [0.29, 0.717) is 5.95 Å². The number of nitrogens with one attached hydrogen (secondary N) is 1. The Morgan fingerprint density at radius 2 is 1.94 bits per heavy atom.